The maximum Gasteiger partial charge on any atom is 0.0512 e. The molecule has 1 aliphatic heterocycles. The summed E-state index contributed by atoms with van der Waals surface area (Å²) in [5.74, 6) is 0. The van der Waals surface area contributed by atoms with Gasteiger partial charge in [-0.15, -0.1) is 0 Å². The fraction of sp³-hybridized carbons (Fsp3) is 0.0870. The van der Waals surface area contributed by atoms with Gasteiger partial charge in [-0.25, -0.2) is 0 Å². The lowest BCUT2D eigenvalue weighted by molar-refractivity contribution is 0.602. The average Bonchev–Trinajstić information content (AvgIpc) is 3.46. The minimum atomic E-state index is -0.200. The summed E-state index contributed by atoms with van der Waals surface area (Å²) in [5, 5.41) is 0. The van der Waals surface area contributed by atoms with E-state index in [2.05, 4.69) is 193 Å². The van der Waals surface area contributed by atoms with E-state index in [9.17, 15) is 0 Å². The van der Waals surface area contributed by atoms with E-state index in [1.807, 2.05) is 0 Å². The first kappa shape index (κ1) is 28.4. The van der Waals surface area contributed by atoms with Crippen LogP contribution in [-0.2, 0) is 11.8 Å². The molecule has 0 bridgehead atoms. The Hall–Kier alpha value is -5.86. The second-order valence-corrected chi connectivity index (χ2v) is 12.9. The average molecular weight is 617 g/mol. The maximum absolute atomic E-state index is 2.50. The van der Waals surface area contributed by atoms with E-state index in [-0.39, 0.29) is 5.41 Å². The second-order valence-electron chi connectivity index (χ2n) is 12.9. The van der Waals surface area contributed by atoms with Crippen LogP contribution in [-0.4, -0.2) is 0 Å². The zero-order valence-corrected chi connectivity index (χ0v) is 27.1. The molecule has 0 amide bonds. The van der Waals surface area contributed by atoms with E-state index in [0.717, 1.165) is 29.9 Å². The lowest BCUT2D eigenvalue weighted by atomic mass is 9.67. The molecule has 230 valence electrons. The molecule has 0 saturated heterocycles. The summed E-state index contributed by atoms with van der Waals surface area (Å²) in [6, 6.07) is 64.3. The Morgan fingerprint density at radius 2 is 1.06 bits per heavy atom. The fourth-order valence-electron chi connectivity index (χ4n) is 8.28. The van der Waals surface area contributed by atoms with Gasteiger partial charge in [0.15, 0.2) is 0 Å². The van der Waals surface area contributed by atoms with Gasteiger partial charge in [-0.3, -0.25) is 0 Å². The zero-order valence-electron chi connectivity index (χ0n) is 27.1. The van der Waals surface area contributed by atoms with Crippen molar-refractivity contribution < 1.29 is 0 Å². The van der Waals surface area contributed by atoms with E-state index >= 15 is 0 Å². The number of fused-ring (bicyclic) bond motifs is 5. The first-order chi connectivity index (χ1) is 23.8. The van der Waals surface area contributed by atoms with Gasteiger partial charge < -0.3 is 9.80 Å². The standard InChI is InChI=1S/C46H36N2/c1-2-46-41-23-13-12-21-39(41)40-22-14-24-44(45(40)46)48(37-19-10-5-11-20-37)43-30-27-34(32-42(43)46)31-33-25-28-38(29-26-33)47(35-15-6-3-7-16-35)36-17-8-4-9-18-36/h3-30,32H,2,31H2,1H3. The number of nitrogens with zero attached hydrogens (tertiary/aromatic N) is 2. The highest BCUT2D eigenvalue weighted by Gasteiger charge is 2.50. The second kappa shape index (κ2) is 11.4. The smallest absolute Gasteiger partial charge is 0.0512 e. The van der Waals surface area contributed by atoms with Crippen molar-refractivity contribution in [3.05, 3.63) is 204 Å². The summed E-state index contributed by atoms with van der Waals surface area (Å²) in [4.78, 5) is 4.80. The van der Waals surface area contributed by atoms with E-state index in [1.165, 1.54) is 56.0 Å². The minimum absolute atomic E-state index is 0.200. The van der Waals surface area contributed by atoms with E-state index < -0.39 is 0 Å². The quantitative estimate of drug-likeness (QED) is 0.176. The van der Waals surface area contributed by atoms with Crippen LogP contribution in [0.25, 0.3) is 11.1 Å². The van der Waals surface area contributed by atoms with Crippen molar-refractivity contribution in [1.29, 1.82) is 0 Å². The molecule has 0 saturated carbocycles. The van der Waals surface area contributed by atoms with Gasteiger partial charge >= 0.3 is 0 Å². The van der Waals surface area contributed by atoms with Crippen molar-refractivity contribution in [3.63, 3.8) is 0 Å². The third-order valence-electron chi connectivity index (χ3n) is 10.3. The molecular weight excluding hydrogens is 581 g/mol. The highest BCUT2D eigenvalue weighted by atomic mass is 15.2. The molecule has 0 N–H and O–H groups in total. The molecule has 1 atom stereocenters. The Morgan fingerprint density at radius 3 is 1.75 bits per heavy atom. The first-order valence-electron chi connectivity index (χ1n) is 17.0. The largest absolute Gasteiger partial charge is 0.311 e. The number of benzene rings is 7. The lowest BCUT2D eigenvalue weighted by Gasteiger charge is -2.44. The van der Waals surface area contributed by atoms with Crippen molar-refractivity contribution in [2.24, 2.45) is 0 Å². The van der Waals surface area contributed by atoms with Gasteiger partial charge in [-0.1, -0.05) is 122 Å². The molecule has 2 nitrogen and oxygen atoms in total. The molecule has 9 rings (SSSR count). The van der Waals surface area contributed by atoms with Crippen LogP contribution in [0.4, 0.5) is 34.1 Å². The molecule has 1 heterocycles. The highest BCUT2D eigenvalue weighted by Crippen LogP contribution is 2.63. The van der Waals surface area contributed by atoms with Crippen molar-refractivity contribution in [2.75, 3.05) is 9.80 Å². The van der Waals surface area contributed by atoms with Crippen LogP contribution in [0.2, 0.25) is 0 Å². The van der Waals surface area contributed by atoms with Crippen molar-refractivity contribution in [3.8, 4) is 11.1 Å². The summed E-state index contributed by atoms with van der Waals surface area (Å²) < 4.78 is 0. The van der Waals surface area contributed by atoms with Gasteiger partial charge in [0.2, 0.25) is 0 Å². The summed E-state index contributed by atoms with van der Waals surface area (Å²) in [5.41, 5.74) is 16.6. The lowest BCUT2D eigenvalue weighted by Crippen LogP contribution is -2.34. The Balaban J connectivity index is 1.14. The van der Waals surface area contributed by atoms with Gasteiger partial charge in [0, 0.05) is 22.7 Å². The molecular formula is C46H36N2. The maximum atomic E-state index is 2.50. The topological polar surface area (TPSA) is 6.48 Å². The molecule has 48 heavy (non-hydrogen) atoms. The summed E-state index contributed by atoms with van der Waals surface area (Å²) in [6.07, 6.45) is 1.86. The molecule has 2 aliphatic rings. The van der Waals surface area contributed by atoms with Crippen LogP contribution in [0.5, 0.6) is 0 Å². The number of para-hydroxylation sites is 3. The number of hydrogen-bond acceptors (Lipinski definition) is 2. The van der Waals surface area contributed by atoms with Crippen molar-refractivity contribution in [1.82, 2.24) is 0 Å². The Morgan fingerprint density at radius 1 is 0.479 bits per heavy atom. The van der Waals surface area contributed by atoms with Crippen molar-refractivity contribution in [2.45, 2.75) is 25.2 Å². The van der Waals surface area contributed by atoms with Crippen LogP contribution in [0, 0.1) is 0 Å². The predicted molar refractivity (Wildman–Crippen MR) is 201 cm³/mol. The number of hydrogen-bond donors (Lipinski definition) is 0. The molecule has 0 fully saturated rings. The number of anilines is 6. The zero-order chi connectivity index (χ0) is 32.1. The molecule has 1 unspecified atom stereocenters. The summed E-state index contributed by atoms with van der Waals surface area (Å²) >= 11 is 0. The van der Waals surface area contributed by atoms with Crippen LogP contribution in [0.3, 0.4) is 0 Å². The SMILES string of the molecule is CCC12c3ccccc3-c3cccc(c31)N(c1ccccc1)c1ccc(Cc3ccc(N(c4ccccc4)c4ccccc4)cc3)cc12. The van der Waals surface area contributed by atoms with Gasteiger partial charge in [0.25, 0.3) is 0 Å². The number of rotatable bonds is 7. The van der Waals surface area contributed by atoms with E-state index in [1.54, 1.807) is 0 Å². The first-order valence-corrected chi connectivity index (χ1v) is 17.0. The molecule has 1 aliphatic carbocycles. The van der Waals surface area contributed by atoms with Crippen LogP contribution < -0.4 is 9.80 Å². The molecule has 0 spiro atoms. The normalized spacial score (nSPS) is 15.4. The van der Waals surface area contributed by atoms with Gasteiger partial charge in [-0.05, 0) is 112 Å². The minimum Gasteiger partial charge on any atom is -0.311 e. The Labute approximate surface area is 283 Å². The summed E-state index contributed by atoms with van der Waals surface area (Å²) in [6.45, 7) is 2.36. The van der Waals surface area contributed by atoms with Crippen LogP contribution in [0.15, 0.2) is 176 Å². The van der Waals surface area contributed by atoms with Crippen LogP contribution >= 0.6 is 0 Å². The fourth-order valence-corrected chi connectivity index (χ4v) is 8.28. The molecule has 2 heteroatoms. The van der Waals surface area contributed by atoms with Gasteiger partial charge in [0.05, 0.1) is 16.8 Å². The molecule has 7 aromatic carbocycles. The molecule has 0 radical (unpaired) electrons. The van der Waals surface area contributed by atoms with E-state index in [4.69, 9.17) is 0 Å². The summed E-state index contributed by atoms with van der Waals surface area (Å²) in [7, 11) is 0. The van der Waals surface area contributed by atoms with E-state index in [0.29, 0.717) is 0 Å². The predicted octanol–water partition coefficient (Wildman–Crippen LogP) is 12.3. The third kappa shape index (κ3) is 4.33. The van der Waals surface area contributed by atoms with Gasteiger partial charge in [-0.2, -0.15) is 0 Å². The molecule has 0 aromatic heterocycles. The highest BCUT2D eigenvalue weighted by molar-refractivity contribution is 5.97. The molecule has 7 aromatic rings. The van der Waals surface area contributed by atoms with Crippen LogP contribution in [0.1, 0.15) is 41.2 Å². The third-order valence-corrected chi connectivity index (χ3v) is 10.3. The van der Waals surface area contributed by atoms with Crippen molar-refractivity contribution >= 4 is 34.1 Å². The monoisotopic (exact) mass is 616 g/mol. The Kier molecular flexibility index (Phi) is 6.76. The van der Waals surface area contributed by atoms with Gasteiger partial charge in [0.1, 0.15) is 0 Å². The Bertz CT molecular complexity index is 2200.